The average Bonchev–Trinajstić information content (AvgIpc) is 2.65. The Kier molecular flexibility index (Phi) is 1.81. The van der Waals surface area contributed by atoms with Gasteiger partial charge in [0.15, 0.2) is 6.29 Å². The number of ether oxygens (including phenoxy) is 2. The summed E-state index contributed by atoms with van der Waals surface area (Å²) in [5.41, 5.74) is 0. The van der Waals surface area contributed by atoms with Crippen LogP contribution in [0.1, 0.15) is 6.92 Å². The molecular formula is C8H12O4. The summed E-state index contributed by atoms with van der Waals surface area (Å²) in [6.45, 7) is 2.68. The van der Waals surface area contributed by atoms with E-state index >= 15 is 0 Å². The number of fused-ring (bicyclic) bond motifs is 1. The Morgan fingerprint density at radius 2 is 2.50 bits per heavy atom. The van der Waals surface area contributed by atoms with Gasteiger partial charge in [0.2, 0.25) is 0 Å². The second kappa shape index (κ2) is 2.71. The zero-order chi connectivity index (χ0) is 8.72. The smallest absolute Gasteiger partial charge is 0.309 e. The van der Waals surface area contributed by atoms with Crippen molar-refractivity contribution in [1.82, 2.24) is 0 Å². The molecule has 1 N–H and O–H groups in total. The zero-order valence-electron chi connectivity index (χ0n) is 6.90. The predicted molar refractivity (Wildman–Crippen MR) is 39.1 cm³/mol. The van der Waals surface area contributed by atoms with E-state index in [1.165, 1.54) is 0 Å². The maximum Gasteiger partial charge on any atom is 0.309 e. The Morgan fingerprint density at radius 3 is 3.00 bits per heavy atom. The van der Waals surface area contributed by atoms with Gasteiger partial charge in [-0.3, -0.25) is 4.79 Å². The van der Waals surface area contributed by atoms with Crippen molar-refractivity contribution in [2.24, 2.45) is 17.8 Å². The quantitative estimate of drug-likeness (QED) is 0.584. The fourth-order valence-corrected chi connectivity index (χ4v) is 1.90. The molecule has 1 aliphatic heterocycles. The molecule has 1 saturated carbocycles. The van der Waals surface area contributed by atoms with Crippen LogP contribution in [0.15, 0.2) is 0 Å². The van der Waals surface area contributed by atoms with Crippen LogP contribution in [0.25, 0.3) is 0 Å². The molecule has 0 radical (unpaired) electrons. The van der Waals surface area contributed by atoms with Crippen molar-refractivity contribution < 1.29 is 19.4 Å². The van der Waals surface area contributed by atoms with E-state index in [2.05, 4.69) is 0 Å². The SMILES string of the molecule is CCOC(=O)C1C2COC(O)C21. The number of hydrogen-bond acceptors (Lipinski definition) is 4. The van der Waals surface area contributed by atoms with Crippen molar-refractivity contribution in [2.75, 3.05) is 13.2 Å². The fraction of sp³-hybridized carbons (Fsp3) is 0.875. The Bertz CT molecular complexity index is 203. The molecule has 68 valence electrons. The first-order chi connectivity index (χ1) is 5.75. The molecule has 2 fully saturated rings. The topological polar surface area (TPSA) is 55.8 Å². The summed E-state index contributed by atoms with van der Waals surface area (Å²) >= 11 is 0. The molecule has 0 aromatic carbocycles. The lowest BCUT2D eigenvalue weighted by Gasteiger charge is -2.07. The number of esters is 1. The van der Waals surface area contributed by atoms with Crippen LogP contribution >= 0.6 is 0 Å². The van der Waals surface area contributed by atoms with Gasteiger partial charge in [0.1, 0.15) is 0 Å². The van der Waals surface area contributed by atoms with Crippen LogP contribution in [0.5, 0.6) is 0 Å². The summed E-state index contributed by atoms with van der Waals surface area (Å²) < 4.78 is 9.77. The van der Waals surface area contributed by atoms with E-state index in [1.54, 1.807) is 6.92 Å². The molecule has 1 heterocycles. The summed E-state index contributed by atoms with van der Waals surface area (Å²) in [6, 6.07) is 0. The van der Waals surface area contributed by atoms with Crippen molar-refractivity contribution in [2.45, 2.75) is 13.2 Å². The molecule has 4 heteroatoms. The third-order valence-corrected chi connectivity index (χ3v) is 2.58. The number of aliphatic hydroxyl groups is 1. The number of aliphatic hydroxyl groups excluding tert-OH is 1. The normalized spacial score (nSPS) is 43.8. The van der Waals surface area contributed by atoms with Crippen LogP contribution in [-0.4, -0.2) is 30.6 Å². The molecule has 0 amide bonds. The van der Waals surface area contributed by atoms with Gasteiger partial charge in [-0.25, -0.2) is 0 Å². The summed E-state index contributed by atoms with van der Waals surface area (Å²) in [5, 5.41) is 9.20. The maximum absolute atomic E-state index is 11.2. The van der Waals surface area contributed by atoms with Gasteiger partial charge in [-0.15, -0.1) is 0 Å². The summed E-state index contributed by atoms with van der Waals surface area (Å²) in [6.07, 6.45) is -0.746. The van der Waals surface area contributed by atoms with Crippen molar-refractivity contribution in [1.29, 1.82) is 0 Å². The molecule has 1 aliphatic carbocycles. The first-order valence-electron chi connectivity index (χ1n) is 4.22. The first-order valence-corrected chi connectivity index (χ1v) is 4.22. The van der Waals surface area contributed by atoms with Crippen molar-refractivity contribution in [3.8, 4) is 0 Å². The van der Waals surface area contributed by atoms with Crippen molar-refractivity contribution in [3.05, 3.63) is 0 Å². The second-order valence-corrected chi connectivity index (χ2v) is 3.24. The fourth-order valence-electron chi connectivity index (χ4n) is 1.90. The molecule has 0 spiro atoms. The number of carbonyl (C=O) groups excluding carboxylic acids is 1. The molecule has 0 aromatic rings. The summed E-state index contributed by atoms with van der Waals surface area (Å²) in [7, 11) is 0. The lowest BCUT2D eigenvalue weighted by Crippen LogP contribution is -2.18. The van der Waals surface area contributed by atoms with Gasteiger partial charge in [-0.2, -0.15) is 0 Å². The largest absolute Gasteiger partial charge is 0.466 e. The summed E-state index contributed by atoms with van der Waals surface area (Å²) in [4.78, 5) is 11.2. The Hall–Kier alpha value is -0.610. The minimum Gasteiger partial charge on any atom is -0.466 e. The number of hydrogen-bond donors (Lipinski definition) is 1. The van der Waals surface area contributed by atoms with Crippen LogP contribution < -0.4 is 0 Å². The van der Waals surface area contributed by atoms with Gasteiger partial charge < -0.3 is 14.6 Å². The van der Waals surface area contributed by atoms with Crippen LogP contribution in [-0.2, 0) is 14.3 Å². The highest BCUT2D eigenvalue weighted by Crippen LogP contribution is 2.53. The van der Waals surface area contributed by atoms with Gasteiger partial charge in [0.25, 0.3) is 0 Å². The molecule has 1 saturated heterocycles. The van der Waals surface area contributed by atoms with Crippen LogP contribution in [0, 0.1) is 17.8 Å². The average molecular weight is 172 g/mol. The zero-order valence-corrected chi connectivity index (χ0v) is 6.90. The molecule has 4 unspecified atom stereocenters. The van der Waals surface area contributed by atoms with Crippen molar-refractivity contribution in [3.63, 3.8) is 0 Å². The Morgan fingerprint density at radius 1 is 1.75 bits per heavy atom. The number of carbonyl (C=O) groups is 1. The van der Waals surface area contributed by atoms with Gasteiger partial charge in [-0.1, -0.05) is 0 Å². The molecule has 12 heavy (non-hydrogen) atoms. The van der Waals surface area contributed by atoms with E-state index in [9.17, 15) is 9.90 Å². The molecule has 4 nitrogen and oxygen atoms in total. The van der Waals surface area contributed by atoms with Crippen LogP contribution in [0.2, 0.25) is 0 Å². The summed E-state index contributed by atoms with van der Waals surface area (Å²) in [5.74, 6) is -0.0772. The van der Waals surface area contributed by atoms with E-state index in [0.29, 0.717) is 13.2 Å². The molecule has 2 aliphatic rings. The van der Waals surface area contributed by atoms with Gasteiger partial charge >= 0.3 is 5.97 Å². The second-order valence-electron chi connectivity index (χ2n) is 3.24. The molecule has 0 bridgehead atoms. The van der Waals surface area contributed by atoms with E-state index in [-0.39, 0.29) is 23.7 Å². The Labute approximate surface area is 70.5 Å². The molecule has 0 aromatic heterocycles. The highest BCUT2D eigenvalue weighted by Gasteiger charge is 2.63. The minimum atomic E-state index is -0.746. The van der Waals surface area contributed by atoms with Gasteiger partial charge in [0.05, 0.1) is 19.1 Å². The van der Waals surface area contributed by atoms with Gasteiger partial charge in [-0.05, 0) is 6.92 Å². The van der Waals surface area contributed by atoms with Crippen LogP contribution in [0.4, 0.5) is 0 Å². The predicted octanol–water partition coefficient (Wildman–Crippen LogP) is -0.240. The number of rotatable bonds is 2. The third kappa shape index (κ3) is 1.03. The van der Waals surface area contributed by atoms with Crippen molar-refractivity contribution >= 4 is 5.97 Å². The first kappa shape index (κ1) is 8.01. The lowest BCUT2D eigenvalue weighted by atomic mass is 10.3. The highest BCUT2D eigenvalue weighted by molar-refractivity contribution is 5.76. The van der Waals surface area contributed by atoms with E-state index in [4.69, 9.17) is 9.47 Å². The maximum atomic E-state index is 11.2. The van der Waals surface area contributed by atoms with E-state index in [1.807, 2.05) is 0 Å². The minimum absolute atomic E-state index is 0.00375. The Balaban J connectivity index is 1.90. The highest BCUT2D eigenvalue weighted by atomic mass is 16.6. The standard InChI is InChI=1S/C8H12O4/c1-2-11-7(9)5-4-3-12-8(10)6(4)5/h4-6,8,10H,2-3H2,1H3. The lowest BCUT2D eigenvalue weighted by molar-refractivity contribution is -0.150. The van der Waals surface area contributed by atoms with Gasteiger partial charge in [0, 0.05) is 11.8 Å². The molecule has 4 atom stereocenters. The van der Waals surface area contributed by atoms with E-state index in [0.717, 1.165) is 0 Å². The third-order valence-electron chi connectivity index (χ3n) is 2.58. The monoisotopic (exact) mass is 172 g/mol. The van der Waals surface area contributed by atoms with E-state index < -0.39 is 6.29 Å². The molecular weight excluding hydrogens is 160 g/mol. The van der Waals surface area contributed by atoms with Crippen LogP contribution in [0.3, 0.4) is 0 Å². The molecule has 2 rings (SSSR count).